The molecule has 2 rings (SSSR count). The van der Waals surface area contributed by atoms with Gasteiger partial charge in [0.05, 0.1) is 18.9 Å². The number of nitrogens with one attached hydrogen (secondary N) is 1. The fourth-order valence-electron chi connectivity index (χ4n) is 2.04. The van der Waals surface area contributed by atoms with Crippen molar-refractivity contribution in [3.8, 4) is 5.75 Å². The largest absolute Gasteiger partial charge is 0.573 e. The number of hydrogen-bond donors (Lipinski definition) is 1. The summed E-state index contributed by atoms with van der Waals surface area (Å²) >= 11 is 0. The van der Waals surface area contributed by atoms with Gasteiger partial charge in [-0.2, -0.15) is 15.0 Å². The van der Waals surface area contributed by atoms with E-state index in [4.69, 9.17) is 0 Å². The average molecular weight is 378 g/mol. The van der Waals surface area contributed by atoms with E-state index in [0.29, 0.717) is 0 Å². The van der Waals surface area contributed by atoms with Gasteiger partial charge in [0.1, 0.15) is 10.6 Å². The molecular weight excluding hydrogens is 361 g/mol. The molecule has 1 aromatic heterocycles. The van der Waals surface area contributed by atoms with Crippen LogP contribution in [0.25, 0.3) is 0 Å². The lowest BCUT2D eigenvalue weighted by molar-refractivity contribution is -0.275. The third kappa shape index (κ3) is 5.43. The predicted molar refractivity (Wildman–Crippen MR) is 82.1 cm³/mol. The molecule has 1 unspecified atom stereocenters. The predicted octanol–water partition coefficient (Wildman–Crippen LogP) is 2.18. The minimum atomic E-state index is -5.00. The summed E-state index contributed by atoms with van der Waals surface area (Å²) in [7, 11) is -4.25. The molecule has 0 spiro atoms. The molecule has 138 valence electrons. The molecule has 0 saturated carbocycles. The van der Waals surface area contributed by atoms with Gasteiger partial charge in [-0.15, -0.1) is 13.2 Å². The molecule has 25 heavy (non-hydrogen) atoms. The molecule has 1 heterocycles. The van der Waals surface area contributed by atoms with Gasteiger partial charge in [0.15, 0.2) is 0 Å². The van der Waals surface area contributed by atoms with E-state index in [2.05, 4.69) is 19.7 Å². The summed E-state index contributed by atoms with van der Waals surface area (Å²) in [6, 6.07) is 3.94. The highest BCUT2D eigenvalue weighted by Gasteiger charge is 2.34. The van der Waals surface area contributed by atoms with Gasteiger partial charge in [-0.05, 0) is 18.1 Å². The zero-order chi connectivity index (χ0) is 18.7. The molecule has 1 aromatic carbocycles. The molecule has 0 aliphatic rings. The van der Waals surface area contributed by atoms with Crippen LogP contribution in [0, 0.1) is 5.92 Å². The van der Waals surface area contributed by atoms with E-state index in [1.165, 1.54) is 29.3 Å². The molecule has 0 amide bonds. The normalized spacial score (nSPS) is 13.8. The van der Waals surface area contributed by atoms with Crippen molar-refractivity contribution in [2.75, 3.05) is 0 Å². The summed E-state index contributed by atoms with van der Waals surface area (Å²) in [5, 5.41) is 7.81. The van der Waals surface area contributed by atoms with Gasteiger partial charge in [0, 0.05) is 6.04 Å². The maximum absolute atomic E-state index is 12.6. The number of sulfonamides is 1. The van der Waals surface area contributed by atoms with Gasteiger partial charge in [-0.3, -0.25) is 0 Å². The van der Waals surface area contributed by atoms with Crippen LogP contribution in [0.2, 0.25) is 0 Å². The third-order valence-electron chi connectivity index (χ3n) is 3.30. The van der Waals surface area contributed by atoms with Crippen molar-refractivity contribution in [2.45, 2.75) is 37.7 Å². The van der Waals surface area contributed by atoms with Crippen molar-refractivity contribution < 1.29 is 26.3 Å². The Hall–Kier alpha value is -2.14. The Labute approximate surface area is 142 Å². The molecule has 0 bridgehead atoms. The van der Waals surface area contributed by atoms with E-state index in [9.17, 15) is 21.6 Å². The quantitative estimate of drug-likeness (QED) is 0.798. The molecule has 11 heteroatoms. The van der Waals surface area contributed by atoms with Gasteiger partial charge in [0.2, 0.25) is 10.0 Å². The smallest absolute Gasteiger partial charge is 0.404 e. The number of hydrogen-bond acceptors (Lipinski definition) is 5. The van der Waals surface area contributed by atoms with Crippen LogP contribution in [0.1, 0.15) is 13.8 Å². The molecule has 0 radical (unpaired) electrons. The van der Waals surface area contributed by atoms with Gasteiger partial charge < -0.3 is 4.74 Å². The van der Waals surface area contributed by atoms with Gasteiger partial charge in [-0.1, -0.05) is 26.0 Å². The molecule has 7 nitrogen and oxygen atoms in total. The molecule has 0 aliphatic heterocycles. The van der Waals surface area contributed by atoms with Gasteiger partial charge >= 0.3 is 6.36 Å². The average Bonchev–Trinajstić information content (AvgIpc) is 2.98. The SMILES string of the molecule is CC(C)C(Cn1nccn1)NS(=O)(=O)c1ccccc1OC(F)(F)F. The molecular formula is C14H17F3N4O3S. The lowest BCUT2D eigenvalue weighted by Crippen LogP contribution is -2.42. The molecule has 2 aromatic rings. The number of nitrogens with zero attached hydrogens (tertiary/aromatic N) is 3. The first kappa shape index (κ1) is 19.2. The maximum Gasteiger partial charge on any atom is 0.573 e. The van der Waals surface area contributed by atoms with Crippen LogP contribution in [0.15, 0.2) is 41.6 Å². The third-order valence-corrected chi connectivity index (χ3v) is 4.83. The number of ether oxygens (including phenoxy) is 1. The first-order chi connectivity index (χ1) is 11.6. The van der Waals surface area contributed by atoms with Crippen LogP contribution in [0.3, 0.4) is 0 Å². The Morgan fingerprint density at radius 2 is 1.80 bits per heavy atom. The van der Waals surface area contributed by atoms with Crippen molar-refractivity contribution >= 4 is 10.0 Å². The van der Waals surface area contributed by atoms with E-state index in [1.54, 1.807) is 13.8 Å². The van der Waals surface area contributed by atoms with Crippen molar-refractivity contribution in [1.29, 1.82) is 0 Å². The van der Waals surface area contributed by atoms with Crippen molar-refractivity contribution in [3.63, 3.8) is 0 Å². The number of halogens is 3. The Bertz CT molecular complexity index is 792. The molecule has 0 saturated heterocycles. The number of aromatic nitrogens is 3. The summed E-state index contributed by atoms with van der Waals surface area (Å²) in [5.41, 5.74) is 0. The number of rotatable bonds is 7. The Balaban J connectivity index is 2.28. The van der Waals surface area contributed by atoms with E-state index in [0.717, 1.165) is 12.1 Å². The van der Waals surface area contributed by atoms with Crippen molar-refractivity contribution in [1.82, 2.24) is 19.7 Å². The van der Waals surface area contributed by atoms with Crippen LogP contribution >= 0.6 is 0 Å². The maximum atomic E-state index is 12.6. The van der Waals surface area contributed by atoms with E-state index in [1.807, 2.05) is 0 Å². The fraction of sp³-hybridized carbons (Fsp3) is 0.429. The zero-order valence-corrected chi connectivity index (χ0v) is 14.3. The van der Waals surface area contributed by atoms with Crippen LogP contribution < -0.4 is 9.46 Å². The first-order valence-electron chi connectivity index (χ1n) is 7.30. The Kier molecular flexibility index (Phi) is 5.68. The Morgan fingerprint density at radius 1 is 1.20 bits per heavy atom. The summed E-state index contributed by atoms with van der Waals surface area (Å²) in [6.07, 6.45) is -2.11. The fourth-order valence-corrected chi connectivity index (χ4v) is 3.55. The van der Waals surface area contributed by atoms with Crippen molar-refractivity contribution in [2.24, 2.45) is 5.92 Å². The second kappa shape index (κ2) is 7.40. The van der Waals surface area contributed by atoms with E-state index in [-0.39, 0.29) is 12.5 Å². The highest BCUT2D eigenvalue weighted by atomic mass is 32.2. The van der Waals surface area contributed by atoms with Crippen LogP contribution in [-0.4, -0.2) is 35.8 Å². The highest BCUT2D eigenvalue weighted by Crippen LogP contribution is 2.29. The summed E-state index contributed by atoms with van der Waals surface area (Å²) < 4.78 is 68.8. The molecule has 0 fully saturated rings. The second-order valence-corrected chi connectivity index (χ2v) is 7.23. The minimum Gasteiger partial charge on any atom is -0.404 e. The minimum absolute atomic E-state index is 0.131. The Morgan fingerprint density at radius 3 is 2.36 bits per heavy atom. The van der Waals surface area contributed by atoms with Gasteiger partial charge in [0.25, 0.3) is 0 Å². The van der Waals surface area contributed by atoms with Crippen LogP contribution in [-0.2, 0) is 16.6 Å². The van der Waals surface area contributed by atoms with Gasteiger partial charge in [-0.25, -0.2) is 13.1 Å². The van der Waals surface area contributed by atoms with Crippen molar-refractivity contribution in [3.05, 3.63) is 36.7 Å². The molecule has 0 aliphatic carbocycles. The second-order valence-electron chi connectivity index (χ2n) is 5.55. The molecule has 1 N–H and O–H groups in total. The topological polar surface area (TPSA) is 86.1 Å². The van der Waals surface area contributed by atoms with Crippen LogP contribution in [0.5, 0.6) is 5.75 Å². The number of alkyl halides is 3. The van der Waals surface area contributed by atoms with E-state index < -0.39 is 33.1 Å². The lowest BCUT2D eigenvalue weighted by atomic mass is 10.1. The first-order valence-corrected chi connectivity index (χ1v) is 8.78. The van der Waals surface area contributed by atoms with Crippen LogP contribution in [0.4, 0.5) is 13.2 Å². The highest BCUT2D eigenvalue weighted by molar-refractivity contribution is 7.89. The van der Waals surface area contributed by atoms with E-state index >= 15 is 0 Å². The molecule has 1 atom stereocenters. The standard InChI is InChI=1S/C14H17F3N4O3S/c1-10(2)11(9-21-18-7-8-19-21)20-25(22,23)13-6-4-3-5-12(13)24-14(15,16)17/h3-8,10-11,20H,9H2,1-2H3. The number of para-hydroxylation sites is 1. The summed E-state index contributed by atoms with van der Waals surface area (Å²) in [4.78, 5) is 0.706. The lowest BCUT2D eigenvalue weighted by Gasteiger charge is -2.22. The summed E-state index contributed by atoms with van der Waals surface area (Å²) in [5.74, 6) is -0.946. The number of benzene rings is 1. The zero-order valence-electron chi connectivity index (χ0n) is 13.4. The monoisotopic (exact) mass is 378 g/mol. The summed E-state index contributed by atoms with van der Waals surface area (Å²) in [6.45, 7) is 3.68.